The van der Waals surface area contributed by atoms with Gasteiger partial charge in [0.05, 0.1) is 6.54 Å². The molecule has 0 radical (unpaired) electrons. The van der Waals surface area contributed by atoms with Crippen LogP contribution in [0.5, 0.6) is 0 Å². The second kappa shape index (κ2) is 8.85. The molecule has 0 atom stereocenters. The first kappa shape index (κ1) is 17.7. The Morgan fingerprint density at radius 1 is 1.17 bits per heavy atom. The van der Waals surface area contributed by atoms with Crippen LogP contribution in [0.2, 0.25) is 0 Å². The molecule has 1 amide bonds. The molecule has 0 heterocycles. The van der Waals surface area contributed by atoms with Crippen molar-refractivity contribution in [3.8, 4) is 0 Å². The molecule has 0 aliphatic rings. The molecule has 2 aromatic carbocycles. The van der Waals surface area contributed by atoms with Gasteiger partial charge in [0.15, 0.2) is 0 Å². The van der Waals surface area contributed by atoms with E-state index < -0.39 is 0 Å². The quantitative estimate of drug-likeness (QED) is 0.784. The van der Waals surface area contributed by atoms with Gasteiger partial charge in [-0.1, -0.05) is 46.3 Å². The second-order valence-electron chi connectivity index (χ2n) is 5.83. The summed E-state index contributed by atoms with van der Waals surface area (Å²) in [6.07, 6.45) is 2.09. The van der Waals surface area contributed by atoms with Crippen LogP contribution in [0.25, 0.3) is 0 Å². The van der Waals surface area contributed by atoms with Crippen molar-refractivity contribution in [3.63, 3.8) is 0 Å². The Morgan fingerprint density at radius 3 is 2.61 bits per heavy atom. The highest BCUT2D eigenvalue weighted by Crippen LogP contribution is 2.19. The van der Waals surface area contributed by atoms with Crippen LogP contribution in [-0.2, 0) is 11.2 Å². The Labute approximate surface area is 146 Å². The standard InChI is InChI=1S/C19H23BrN2O/c1-15-13-17(20)10-11-18(15)21-19(23)14-22(2)12-6-9-16-7-4-3-5-8-16/h3-5,7-8,10-11,13H,6,9,12,14H2,1-2H3,(H,21,23). The van der Waals surface area contributed by atoms with Crippen molar-refractivity contribution in [2.24, 2.45) is 0 Å². The van der Waals surface area contributed by atoms with Crippen LogP contribution in [0.3, 0.4) is 0 Å². The van der Waals surface area contributed by atoms with Gasteiger partial charge in [-0.3, -0.25) is 9.69 Å². The van der Waals surface area contributed by atoms with Crippen molar-refractivity contribution in [1.29, 1.82) is 0 Å². The minimum Gasteiger partial charge on any atom is -0.325 e. The number of benzene rings is 2. The number of nitrogens with zero attached hydrogens (tertiary/aromatic N) is 1. The lowest BCUT2D eigenvalue weighted by atomic mass is 10.1. The number of aryl methyl sites for hydroxylation is 2. The van der Waals surface area contributed by atoms with E-state index in [-0.39, 0.29) is 5.91 Å². The molecule has 0 aromatic heterocycles. The fraction of sp³-hybridized carbons (Fsp3) is 0.316. The van der Waals surface area contributed by atoms with Crippen LogP contribution in [0.15, 0.2) is 53.0 Å². The van der Waals surface area contributed by atoms with E-state index in [0.717, 1.165) is 35.1 Å². The number of carbonyl (C=O) groups is 1. The van der Waals surface area contributed by atoms with Crippen molar-refractivity contribution < 1.29 is 4.79 Å². The molecule has 0 saturated carbocycles. The number of anilines is 1. The van der Waals surface area contributed by atoms with E-state index in [1.165, 1.54) is 5.56 Å². The highest BCUT2D eigenvalue weighted by atomic mass is 79.9. The summed E-state index contributed by atoms with van der Waals surface area (Å²) in [5.74, 6) is 0.0256. The van der Waals surface area contributed by atoms with E-state index in [0.29, 0.717) is 6.54 Å². The smallest absolute Gasteiger partial charge is 0.238 e. The van der Waals surface area contributed by atoms with Crippen LogP contribution >= 0.6 is 15.9 Å². The molecule has 1 N–H and O–H groups in total. The maximum atomic E-state index is 12.1. The number of hydrogen-bond acceptors (Lipinski definition) is 2. The number of nitrogens with one attached hydrogen (secondary N) is 1. The first-order chi connectivity index (χ1) is 11.0. The molecule has 0 saturated heterocycles. The van der Waals surface area contributed by atoms with Gasteiger partial charge in [0.1, 0.15) is 0 Å². The summed E-state index contributed by atoms with van der Waals surface area (Å²) in [4.78, 5) is 14.2. The predicted octanol–water partition coefficient (Wildman–Crippen LogP) is 4.26. The van der Waals surface area contributed by atoms with Gasteiger partial charge >= 0.3 is 0 Å². The minimum absolute atomic E-state index is 0.0256. The zero-order valence-corrected chi connectivity index (χ0v) is 15.3. The third kappa shape index (κ3) is 6.16. The number of rotatable bonds is 7. The van der Waals surface area contributed by atoms with Crippen LogP contribution in [0.4, 0.5) is 5.69 Å². The van der Waals surface area contributed by atoms with Gasteiger partial charge in [0.2, 0.25) is 5.91 Å². The Hall–Kier alpha value is -1.65. The molecular formula is C19H23BrN2O. The zero-order valence-electron chi connectivity index (χ0n) is 13.7. The SMILES string of the molecule is Cc1cc(Br)ccc1NC(=O)CN(C)CCCc1ccccc1. The van der Waals surface area contributed by atoms with Gasteiger partial charge in [0, 0.05) is 10.2 Å². The van der Waals surface area contributed by atoms with E-state index in [1.807, 2.05) is 38.2 Å². The number of halogens is 1. The van der Waals surface area contributed by atoms with Crippen LogP contribution in [-0.4, -0.2) is 30.9 Å². The number of likely N-dealkylation sites (N-methyl/N-ethyl adjacent to an activating group) is 1. The predicted molar refractivity (Wildman–Crippen MR) is 99.8 cm³/mol. The maximum absolute atomic E-state index is 12.1. The summed E-state index contributed by atoms with van der Waals surface area (Å²) < 4.78 is 1.02. The lowest BCUT2D eigenvalue weighted by Gasteiger charge is -2.17. The van der Waals surface area contributed by atoms with E-state index in [1.54, 1.807) is 0 Å². The lowest BCUT2D eigenvalue weighted by Crippen LogP contribution is -2.31. The summed E-state index contributed by atoms with van der Waals surface area (Å²) in [6.45, 7) is 3.30. The number of amides is 1. The summed E-state index contributed by atoms with van der Waals surface area (Å²) in [5.41, 5.74) is 3.27. The fourth-order valence-electron chi connectivity index (χ4n) is 2.48. The first-order valence-corrected chi connectivity index (χ1v) is 8.62. The summed E-state index contributed by atoms with van der Waals surface area (Å²) in [5, 5.41) is 2.97. The van der Waals surface area contributed by atoms with E-state index >= 15 is 0 Å². The molecule has 0 bridgehead atoms. The van der Waals surface area contributed by atoms with Crippen molar-refractivity contribution >= 4 is 27.5 Å². The molecule has 0 fully saturated rings. The highest BCUT2D eigenvalue weighted by Gasteiger charge is 2.08. The monoisotopic (exact) mass is 374 g/mol. The van der Waals surface area contributed by atoms with E-state index in [2.05, 4.69) is 50.4 Å². The normalized spacial score (nSPS) is 10.8. The number of carbonyl (C=O) groups excluding carboxylic acids is 1. The Kier molecular flexibility index (Phi) is 6.81. The molecular weight excluding hydrogens is 352 g/mol. The molecule has 3 nitrogen and oxygen atoms in total. The third-order valence-electron chi connectivity index (χ3n) is 3.72. The van der Waals surface area contributed by atoms with E-state index in [4.69, 9.17) is 0 Å². The van der Waals surface area contributed by atoms with Crippen LogP contribution in [0.1, 0.15) is 17.5 Å². The summed E-state index contributed by atoms with van der Waals surface area (Å²) in [7, 11) is 1.99. The van der Waals surface area contributed by atoms with Crippen molar-refractivity contribution in [3.05, 3.63) is 64.1 Å². The molecule has 0 aliphatic heterocycles. The number of hydrogen-bond donors (Lipinski definition) is 1. The Balaban J connectivity index is 1.74. The highest BCUT2D eigenvalue weighted by molar-refractivity contribution is 9.10. The zero-order chi connectivity index (χ0) is 16.7. The second-order valence-corrected chi connectivity index (χ2v) is 6.75. The lowest BCUT2D eigenvalue weighted by molar-refractivity contribution is -0.117. The average molecular weight is 375 g/mol. The van der Waals surface area contributed by atoms with Crippen molar-refractivity contribution in [1.82, 2.24) is 4.90 Å². The van der Waals surface area contributed by atoms with E-state index in [9.17, 15) is 4.79 Å². The molecule has 122 valence electrons. The molecule has 23 heavy (non-hydrogen) atoms. The topological polar surface area (TPSA) is 32.3 Å². The first-order valence-electron chi connectivity index (χ1n) is 7.83. The van der Waals surface area contributed by atoms with Crippen molar-refractivity contribution in [2.75, 3.05) is 25.5 Å². The summed E-state index contributed by atoms with van der Waals surface area (Å²) in [6, 6.07) is 16.3. The fourth-order valence-corrected chi connectivity index (χ4v) is 2.95. The Morgan fingerprint density at radius 2 is 1.91 bits per heavy atom. The molecule has 0 unspecified atom stereocenters. The molecule has 2 aromatic rings. The molecule has 0 spiro atoms. The average Bonchev–Trinajstić information content (AvgIpc) is 2.51. The van der Waals surface area contributed by atoms with Gasteiger partial charge in [-0.05, 0) is 62.7 Å². The summed E-state index contributed by atoms with van der Waals surface area (Å²) >= 11 is 3.43. The molecule has 2 rings (SSSR count). The minimum atomic E-state index is 0.0256. The van der Waals surface area contributed by atoms with Crippen molar-refractivity contribution in [2.45, 2.75) is 19.8 Å². The third-order valence-corrected chi connectivity index (χ3v) is 4.22. The van der Waals surface area contributed by atoms with Crippen LogP contribution in [0, 0.1) is 6.92 Å². The van der Waals surface area contributed by atoms with Gasteiger partial charge in [-0.25, -0.2) is 0 Å². The van der Waals surface area contributed by atoms with Gasteiger partial charge < -0.3 is 5.32 Å². The largest absolute Gasteiger partial charge is 0.325 e. The van der Waals surface area contributed by atoms with Gasteiger partial charge in [-0.2, -0.15) is 0 Å². The van der Waals surface area contributed by atoms with Crippen LogP contribution < -0.4 is 5.32 Å². The maximum Gasteiger partial charge on any atom is 0.238 e. The Bertz CT molecular complexity index is 643. The molecule has 0 aliphatic carbocycles. The van der Waals surface area contributed by atoms with Gasteiger partial charge in [0.25, 0.3) is 0 Å². The molecule has 4 heteroatoms. The van der Waals surface area contributed by atoms with Gasteiger partial charge in [-0.15, -0.1) is 0 Å².